The summed E-state index contributed by atoms with van der Waals surface area (Å²) >= 11 is 0. The van der Waals surface area contributed by atoms with E-state index in [2.05, 4.69) is 20.9 Å². The maximum Gasteiger partial charge on any atom is 0.116 e. The summed E-state index contributed by atoms with van der Waals surface area (Å²) in [6.45, 7) is 6.35. The van der Waals surface area contributed by atoms with Gasteiger partial charge in [-0.25, -0.2) is 4.84 Å². The third-order valence-corrected chi connectivity index (χ3v) is 2.58. The molecule has 1 heterocycles. The molecule has 0 bridgehead atoms. The molecule has 2 nitrogen and oxygen atoms in total. The number of likely N-dealkylation sites (tertiary alicyclic amines) is 1. The first kappa shape index (κ1) is 8.02. The van der Waals surface area contributed by atoms with E-state index in [4.69, 9.17) is 4.84 Å². The fourth-order valence-electron chi connectivity index (χ4n) is 1.68. The van der Waals surface area contributed by atoms with Gasteiger partial charge in [-0.2, -0.15) is 4.65 Å². The minimum Gasteiger partial charge on any atom is -0.203 e. The number of nitrogens with zero attached hydrogens (tertiary/aromatic N) is 1. The van der Waals surface area contributed by atoms with Gasteiger partial charge in [0.2, 0.25) is 0 Å². The van der Waals surface area contributed by atoms with E-state index >= 15 is 0 Å². The van der Waals surface area contributed by atoms with Crippen LogP contribution >= 0.6 is 0 Å². The van der Waals surface area contributed by atoms with E-state index in [0.717, 1.165) is 11.3 Å². The summed E-state index contributed by atoms with van der Waals surface area (Å²) in [5.41, 5.74) is 0. The van der Waals surface area contributed by atoms with Crippen molar-refractivity contribution < 1.29 is 9.48 Å². The van der Waals surface area contributed by atoms with Gasteiger partial charge < -0.3 is 0 Å². The highest BCUT2D eigenvalue weighted by Gasteiger charge is 2.36. The SMILES string of the molecule is CCO[N+]1(C)CCCC1C. The lowest BCUT2D eigenvalue weighted by Gasteiger charge is -2.30. The Morgan fingerprint density at radius 3 is 2.70 bits per heavy atom. The minimum atomic E-state index is 0.694. The summed E-state index contributed by atoms with van der Waals surface area (Å²) in [4.78, 5) is 5.64. The second-order valence-electron chi connectivity index (χ2n) is 3.31. The first-order chi connectivity index (χ1) is 4.69. The number of rotatable bonds is 2. The van der Waals surface area contributed by atoms with Crippen molar-refractivity contribution in [2.75, 3.05) is 20.2 Å². The zero-order valence-electron chi connectivity index (χ0n) is 7.26. The first-order valence-electron chi connectivity index (χ1n) is 4.19. The summed E-state index contributed by atoms with van der Waals surface area (Å²) in [5.74, 6) is 0. The lowest BCUT2D eigenvalue weighted by atomic mass is 10.2. The van der Waals surface area contributed by atoms with Gasteiger partial charge in [0.15, 0.2) is 0 Å². The van der Waals surface area contributed by atoms with E-state index in [-0.39, 0.29) is 0 Å². The summed E-state index contributed by atoms with van der Waals surface area (Å²) in [5, 5.41) is 0. The molecule has 0 spiro atoms. The summed E-state index contributed by atoms with van der Waals surface area (Å²) in [6.07, 6.45) is 2.63. The maximum absolute atomic E-state index is 5.64. The van der Waals surface area contributed by atoms with E-state index in [1.807, 2.05) is 0 Å². The zero-order valence-corrected chi connectivity index (χ0v) is 7.26. The standard InChI is InChI=1S/C8H18NO/c1-4-10-9(3)7-5-6-8(9)2/h8H,4-7H2,1-3H3/q+1. The largest absolute Gasteiger partial charge is 0.203 e. The van der Waals surface area contributed by atoms with Crippen LogP contribution in [0.4, 0.5) is 0 Å². The predicted molar refractivity (Wildman–Crippen MR) is 41.4 cm³/mol. The van der Waals surface area contributed by atoms with Crippen molar-refractivity contribution in [1.82, 2.24) is 0 Å². The van der Waals surface area contributed by atoms with E-state index < -0.39 is 0 Å². The molecule has 1 rings (SSSR count). The van der Waals surface area contributed by atoms with Gasteiger partial charge in [-0.1, -0.05) is 0 Å². The molecule has 0 N–H and O–H groups in total. The van der Waals surface area contributed by atoms with Crippen LogP contribution in [0.3, 0.4) is 0 Å². The molecule has 0 radical (unpaired) electrons. The average Bonchev–Trinajstić information content (AvgIpc) is 2.15. The van der Waals surface area contributed by atoms with Crippen LogP contribution in [0, 0.1) is 0 Å². The van der Waals surface area contributed by atoms with Crippen LogP contribution in [0.25, 0.3) is 0 Å². The van der Waals surface area contributed by atoms with Crippen molar-refractivity contribution in [2.24, 2.45) is 0 Å². The van der Waals surface area contributed by atoms with Gasteiger partial charge in [-0.05, 0) is 13.8 Å². The molecular formula is C8H18NO+. The van der Waals surface area contributed by atoms with Crippen LogP contribution < -0.4 is 0 Å². The molecule has 1 aliphatic heterocycles. The van der Waals surface area contributed by atoms with Crippen molar-refractivity contribution in [3.8, 4) is 0 Å². The Balaban J connectivity index is 2.48. The van der Waals surface area contributed by atoms with Gasteiger partial charge in [0.25, 0.3) is 0 Å². The third kappa shape index (κ3) is 1.32. The second kappa shape index (κ2) is 2.89. The molecule has 1 saturated heterocycles. The van der Waals surface area contributed by atoms with Crippen LogP contribution in [0.5, 0.6) is 0 Å². The molecule has 10 heavy (non-hydrogen) atoms. The Kier molecular flexibility index (Phi) is 2.32. The van der Waals surface area contributed by atoms with Crippen molar-refractivity contribution >= 4 is 0 Å². The van der Waals surface area contributed by atoms with Crippen LogP contribution in [-0.2, 0) is 4.84 Å². The lowest BCUT2D eigenvalue weighted by Crippen LogP contribution is -2.46. The normalized spacial score (nSPS) is 40.5. The van der Waals surface area contributed by atoms with E-state index in [1.54, 1.807) is 0 Å². The Bertz CT molecular complexity index is 116. The molecule has 2 atom stereocenters. The summed E-state index contributed by atoms with van der Waals surface area (Å²) < 4.78 is 0.830. The fraction of sp³-hybridized carbons (Fsp3) is 1.00. The third-order valence-electron chi connectivity index (χ3n) is 2.58. The molecule has 0 aromatic heterocycles. The highest BCUT2D eigenvalue weighted by molar-refractivity contribution is 4.57. The Morgan fingerprint density at radius 1 is 1.60 bits per heavy atom. The minimum absolute atomic E-state index is 0.694. The molecule has 0 amide bonds. The lowest BCUT2D eigenvalue weighted by molar-refractivity contribution is -1.10. The van der Waals surface area contributed by atoms with Crippen molar-refractivity contribution in [1.29, 1.82) is 0 Å². The quantitative estimate of drug-likeness (QED) is 0.534. The molecule has 1 fully saturated rings. The van der Waals surface area contributed by atoms with E-state index in [1.165, 1.54) is 19.4 Å². The van der Waals surface area contributed by atoms with Crippen molar-refractivity contribution in [3.05, 3.63) is 0 Å². The van der Waals surface area contributed by atoms with Crippen LogP contribution in [-0.4, -0.2) is 30.9 Å². The van der Waals surface area contributed by atoms with Gasteiger partial charge in [0, 0.05) is 12.8 Å². The topological polar surface area (TPSA) is 9.23 Å². The highest BCUT2D eigenvalue weighted by Crippen LogP contribution is 2.24. The van der Waals surface area contributed by atoms with Crippen LogP contribution in [0.2, 0.25) is 0 Å². The number of quaternary nitrogens is 1. The highest BCUT2D eigenvalue weighted by atomic mass is 16.7. The Labute approximate surface area is 63.3 Å². The van der Waals surface area contributed by atoms with Crippen LogP contribution in [0.15, 0.2) is 0 Å². The molecule has 2 heteroatoms. The van der Waals surface area contributed by atoms with Gasteiger partial charge >= 0.3 is 0 Å². The monoisotopic (exact) mass is 144 g/mol. The molecule has 2 unspecified atom stereocenters. The van der Waals surface area contributed by atoms with Gasteiger partial charge in [-0.15, -0.1) is 0 Å². The van der Waals surface area contributed by atoms with E-state index in [0.29, 0.717) is 6.04 Å². The summed E-state index contributed by atoms with van der Waals surface area (Å²) in [6, 6.07) is 0.694. The molecular weight excluding hydrogens is 126 g/mol. The Morgan fingerprint density at radius 2 is 2.30 bits per heavy atom. The van der Waals surface area contributed by atoms with Crippen molar-refractivity contribution in [3.63, 3.8) is 0 Å². The van der Waals surface area contributed by atoms with Gasteiger partial charge in [-0.3, -0.25) is 0 Å². The average molecular weight is 144 g/mol. The maximum atomic E-state index is 5.64. The summed E-state index contributed by atoms with van der Waals surface area (Å²) in [7, 11) is 2.18. The number of hydroxylamine groups is 3. The fourth-order valence-corrected chi connectivity index (χ4v) is 1.68. The predicted octanol–water partition coefficient (Wildman–Crippen LogP) is 1.57. The Hall–Kier alpha value is -0.0800. The molecule has 0 aromatic carbocycles. The molecule has 0 saturated carbocycles. The molecule has 0 aliphatic carbocycles. The molecule has 60 valence electrons. The van der Waals surface area contributed by atoms with Crippen molar-refractivity contribution in [2.45, 2.75) is 32.7 Å². The number of hydrogen-bond donors (Lipinski definition) is 0. The smallest absolute Gasteiger partial charge is 0.116 e. The molecule has 1 aliphatic rings. The first-order valence-corrected chi connectivity index (χ1v) is 4.19. The van der Waals surface area contributed by atoms with Gasteiger partial charge in [0.05, 0.1) is 7.05 Å². The van der Waals surface area contributed by atoms with Gasteiger partial charge in [0.1, 0.15) is 19.2 Å². The number of hydrogen-bond acceptors (Lipinski definition) is 1. The second-order valence-corrected chi connectivity index (χ2v) is 3.31. The van der Waals surface area contributed by atoms with E-state index in [9.17, 15) is 0 Å². The molecule has 0 aromatic rings. The van der Waals surface area contributed by atoms with Crippen LogP contribution in [0.1, 0.15) is 26.7 Å². The zero-order chi connectivity index (χ0) is 7.61.